The van der Waals surface area contributed by atoms with Gasteiger partial charge in [-0.1, -0.05) is 3.89 Å². The van der Waals surface area contributed by atoms with Gasteiger partial charge in [-0.15, -0.1) is 0 Å². The summed E-state index contributed by atoms with van der Waals surface area (Å²) >= 11 is 0. The number of hydrogen-bond acceptors (Lipinski definition) is 4. The third-order valence-electron chi connectivity index (χ3n) is 2.02. The lowest BCUT2D eigenvalue weighted by molar-refractivity contribution is -0.510. The highest BCUT2D eigenvalue weighted by Gasteiger charge is 2.82. The lowest BCUT2D eigenvalue weighted by atomic mass is 10.2. The van der Waals surface area contributed by atoms with Crippen molar-refractivity contribution >= 4 is 10.2 Å². The highest BCUT2D eigenvalue weighted by atomic mass is 32.3. The average Bonchev–Trinajstić information content (AvgIpc) is 2.34. The van der Waals surface area contributed by atoms with Crippen molar-refractivity contribution in [2.45, 2.75) is 29.5 Å². The molecule has 0 fully saturated rings. The maximum absolute atomic E-state index is 13.3. The minimum atomic E-state index is -7.89. The quantitative estimate of drug-likeness (QED) is 0.332. The van der Waals surface area contributed by atoms with Gasteiger partial charge in [-0.2, -0.15) is 65.5 Å². The number of halogens is 14. The number of hydrogen-bond donors (Lipinski definition) is 0. The molecule has 0 bridgehead atoms. The van der Waals surface area contributed by atoms with Crippen molar-refractivity contribution in [2.24, 2.45) is 0 Å². The van der Waals surface area contributed by atoms with Crippen LogP contribution in [0.25, 0.3) is 0 Å². The second-order valence-corrected chi connectivity index (χ2v) is 5.21. The molecule has 0 radical (unpaired) electrons. The molecule has 0 heterocycles. The Labute approximate surface area is 132 Å². The van der Waals surface area contributed by atoms with Gasteiger partial charge < -0.3 is 4.74 Å². The zero-order valence-electron chi connectivity index (χ0n) is 10.8. The lowest BCUT2D eigenvalue weighted by Crippen LogP contribution is -2.64. The molecule has 0 N–H and O–H groups in total. The number of alkyl halides is 10. The molecule has 0 aliphatic heterocycles. The van der Waals surface area contributed by atoms with Gasteiger partial charge in [0.05, 0.1) is 0 Å². The third-order valence-corrected chi connectivity index (χ3v) is 2.87. The predicted octanol–water partition coefficient (Wildman–Crippen LogP) is 4.36. The first-order chi connectivity index (χ1) is 11.0. The molecular formula is C7F14O4S. The Morgan fingerprint density at radius 3 is 1.38 bits per heavy atom. The van der Waals surface area contributed by atoms with E-state index in [2.05, 4.69) is 0 Å². The smallest absolute Gasteiger partial charge is 0.398 e. The second-order valence-electron chi connectivity index (χ2n) is 3.82. The van der Waals surface area contributed by atoms with Gasteiger partial charge in [0.1, 0.15) is 0 Å². The summed E-state index contributed by atoms with van der Waals surface area (Å²) < 4.78 is 197. The molecular weight excluding hydrogens is 446 g/mol. The molecule has 0 rings (SSSR count). The van der Waals surface area contributed by atoms with E-state index in [-0.39, 0.29) is 0 Å². The molecule has 0 aromatic carbocycles. The summed E-state index contributed by atoms with van der Waals surface area (Å²) in [5.74, 6) is -7.57. The van der Waals surface area contributed by atoms with Crippen molar-refractivity contribution in [1.82, 2.24) is 0 Å². The standard InChI is InChI=1S/C7F14O4S/c8-1(9)2(10)24-5(15,16)3(11,4(12,13)14)25-6(17,18)7(19,20)26(21,22)23/t3-/m0/s1. The number of ether oxygens (including phenoxy) is 2. The van der Waals surface area contributed by atoms with Gasteiger partial charge in [0.25, 0.3) is 0 Å². The van der Waals surface area contributed by atoms with E-state index in [0.717, 1.165) is 0 Å². The highest BCUT2D eigenvalue weighted by Crippen LogP contribution is 2.53. The maximum atomic E-state index is 13.3. The summed E-state index contributed by atoms with van der Waals surface area (Å²) in [6.07, 6.45) is -26.3. The van der Waals surface area contributed by atoms with Crippen LogP contribution >= 0.6 is 0 Å². The molecule has 0 unspecified atom stereocenters. The van der Waals surface area contributed by atoms with Crippen LogP contribution in [-0.2, 0) is 19.7 Å². The summed E-state index contributed by atoms with van der Waals surface area (Å²) in [6.45, 7) is 0. The van der Waals surface area contributed by atoms with E-state index in [1.54, 1.807) is 0 Å². The number of rotatable bonds is 7. The summed E-state index contributed by atoms with van der Waals surface area (Å²) in [5, 5.41) is -7.38. The van der Waals surface area contributed by atoms with Gasteiger partial charge in [0.15, 0.2) is 0 Å². The molecule has 0 saturated heterocycles. The zero-order chi connectivity index (χ0) is 21.6. The minimum Gasteiger partial charge on any atom is -0.398 e. The zero-order valence-corrected chi connectivity index (χ0v) is 11.6. The molecule has 0 aromatic heterocycles. The van der Waals surface area contributed by atoms with Gasteiger partial charge in [0.2, 0.25) is 0 Å². The van der Waals surface area contributed by atoms with Crippen molar-refractivity contribution < 1.29 is 78.9 Å². The highest BCUT2D eigenvalue weighted by molar-refractivity contribution is 7.87. The van der Waals surface area contributed by atoms with Crippen LogP contribution in [0.4, 0.5) is 61.0 Å². The Hall–Kier alpha value is -1.53. The van der Waals surface area contributed by atoms with Crippen molar-refractivity contribution in [3.8, 4) is 0 Å². The predicted molar refractivity (Wildman–Crippen MR) is 47.3 cm³/mol. The minimum absolute atomic E-state index is 1.42. The van der Waals surface area contributed by atoms with Crippen LogP contribution in [0.15, 0.2) is 12.1 Å². The maximum Gasteiger partial charge on any atom is 0.471 e. The van der Waals surface area contributed by atoms with Crippen molar-refractivity contribution in [3.63, 3.8) is 0 Å². The normalized spacial score (nSPS) is 16.8. The molecule has 4 nitrogen and oxygen atoms in total. The van der Waals surface area contributed by atoms with E-state index in [4.69, 9.17) is 0 Å². The molecule has 0 aliphatic rings. The van der Waals surface area contributed by atoms with Gasteiger partial charge in [-0.3, -0.25) is 4.74 Å². The molecule has 26 heavy (non-hydrogen) atoms. The fraction of sp³-hybridized carbons (Fsp3) is 0.714. The van der Waals surface area contributed by atoms with Crippen LogP contribution in [-0.4, -0.2) is 37.9 Å². The van der Waals surface area contributed by atoms with Crippen LogP contribution in [0, 0.1) is 0 Å². The van der Waals surface area contributed by atoms with E-state index in [1.165, 1.54) is 4.74 Å². The first-order valence-electron chi connectivity index (χ1n) is 4.97. The first kappa shape index (κ1) is 24.5. The Balaban J connectivity index is 6.35. The molecule has 156 valence electrons. The van der Waals surface area contributed by atoms with Crippen LogP contribution in [0.5, 0.6) is 0 Å². The monoisotopic (exact) mass is 446 g/mol. The summed E-state index contributed by atoms with van der Waals surface area (Å²) in [5.41, 5.74) is 0. The summed E-state index contributed by atoms with van der Waals surface area (Å²) in [4.78, 5) is 0. The van der Waals surface area contributed by atoms with Crippen LogP contribution in [0.3, 0.4) is 0 Å². The van der Waals surface area contributed by atoms with Crippen LogP contribution in [0.2, 0.25) is 0 Å². The SMILES string of the molecule is O=S(=O)(F)C(F)(F)C(F)(F)O[C@@](F)(C(F)(F)F)C(F)(F)OC(F)=C(F)F. The average molecular weight is 446 g/mol. The van der Waals surface area contributed by atoms with Crippen molar-refractivity contribution in [3.05, 3.63) is 12.1 Å². The Morgan fingerprint density at radius 1 is 0.731 bits per heavy atom. The second kappa shape index (κ2) is 6.57. The van der Waals surface area contributed by atoms with Gasteiger partial charge in [-0.25, -0.2) is 0 Å². The van der Waals surface area contributed by atoms with E-state index in [1.807, 2.05) is 4.74 Å². The summed E-state index contributed by atoms with van der Waals surface area (Å²) in [7, 11) is -7.89. The fourth-order valence-corrected chi connectivity index (χ4v) is 1.20. The largest absolute Gasteiger partial charge is 0.471 e. The van der Waals surface area contributed by atoms with E-state index in [9.17, 15) is 69.4 Å². The lowest BCUT2D eigenvalue weighted by Gasteiger charge is -2.36. The van der Waals surface area contributed by atoms with E-state index < -0.39 is 51.8 Å². The molecule has 0 saturated carbocycles. The van der Waals surface area contributed by atoms with Crippen LogP contribution < -0.4 is 0 Å². The molecule has 1 atom stereocenters. The Morgan fingerprint density at radius 2 is 1.12 bits per heavy atom. The van der Waals surface area contributed by atoms with Gasteiger partial charge in [0, 0.05) is 0 Å². The summed E-state index contributed by atoms with van der Waals surface area (Å²) in [6, 6.07) is -3.97. The van der Waals surface area contributed by atoms with E-state index >= 15 is 0 Å². The van der Waals surface area contributed by atoms with Gasteiger partial charge in [-0.05, 0) is 0 Å². The van der Waals surface area contributed by atoms with E-state index in [0.29, 0.717) is 0 Å². The Kier molecular flexibility index (Phi) is 6.18. The first-order valence-corrected chi connectivity index (χ1v) is 6.35. The molecule has 0 aliphatic carbocycles. The van der Waals surface area contributed by atoms with Crippen molar-refractivity contribution in [1.29, 1.82) is 0 Å². The van der Waals surface area contributed by atoms with Crippen molar-refractivity contribution in [2.75, 3.05) is 0 Å². The molecule has 0 aromatic rings. The van der Waals surface area contributed by atoms with Gasteiger partial charge >= 0.3 is 51.8 Å². The molecule has 19 heteroatoms. The third kappa shape index (κ3) is 4.23. The molecule has 0 spiro atoms. The Bertz CT molecular complexity index is 661. The molecule has 0 amide bonds. The fourth-order valence-electron chi connectivity index (χ4n) is 0.877. The topological polar surface area (TPSA) is 52.6 Å². The van der Waals surface area contributed by atoms with Crippen LogP contribution in [0.1, 0.15) is 0 Å².